The van der Waals surface area contributed by atoms with E-state index >= 15 is 0 Å². The Hall–Kier alpha value is -2.34. The first-order valence-electron chi connectivity index (χ1n) is 9.05. The highest BCUT2D eigenvalue weighted by Gasteiger charge is 2.16. The van der Waals surface area contributed by atoms with Crippen molar-refractivity contribution >= 4 is 50.9 Å². The van der Waals surface area contributed by atoms with Gasteiger partial charge in [0.25, 0.3) is 0 Å². The summed E-state index contributed by atoms with van der Waals surface area (Å²) in [5, 5.41) is 6.24. The zero-order valence-corrected chi connectivity index (χ0v) is 17.2. The van der Waals surface area contributed by atoms with Crippen molar-refractivity contribution in [2.45, 2.75) is 6.42 Å². The normalized spacial score (nSPS) is 11.6. The molecule has 0 unspecified atom stereocenters. The number of nitrogens with zero attached hydrogens (tertiary/aromatic N) is 3. The number of halogens is 2. The van der Waals surface area contributed by atoms with Gasteiger partial charge in [0, 0.05) is 22.3 Å². The van der Waals surface area contributed by atoms with Crippen LogP contribution in [-0.2, 0) is 0 Å². The van der Waals surface area contributed by atoms with Gasteiger partial charge in [-0.15, -0.1) is 0 Å². The predicted molar refractivity (Wildman–Crippen MR) is 116 cm³/mol. The Bertz CT molecular complexity index is 1110. The minimum Gasteiger partial charge on any atom is -0.453 e. The summed E-state index contributed by atoms with van der Waals surface area (Å²) in [7, 11) is 4.11. The second-order valence-corrected chi connectivity index (χ2v) is 7.76. The van der Waals surface area contributed by atoms with Crippen LogP contribution in [0.4, 0.5) is 5.82 Å². The van der Waals surface area contributed by atoms with Crippen LogP contribution in [0, 0.1) is 0 Å². The van der Waals surface area contributed by atoms with Gasteiger partial charge in [0.05, 0.1) is 10.5 Å². The molecule has 144 valence electrons. The predicted octanol–water partition coefficient (Wildman–Crippen LogP) is 5.71. The van der Waals surface area contributed by atoms with Crippen LogP contribution in [0.1, 0.15) is 6.42 Å². The van der Waals surface area contributed by atoms with E-state index in [9.17, 15) is 0 Å². The van der Waals surface area contributed by atoms with Crippen LogP contribution < -0.4 is 5.32 Å². The van der Waals surface area contributed by atoms with Crippen molar-refractivity contribution in [2.24, 2.45) is 0 Å². The van der Waals surface area contributed by atoms with Crippen molar-refractivity contribution in [3.05, 3.63) is 52.5 Å². The zero-order chi connectivity index (χ0) is 19.7. The Morgan fingerprint density at radius 1 is 1.07 bits per heavy atom. The first-order valence-corrected chi connectivity index (χ1v) is 9.81. The van der Waals surface area contributed by atoms with Crippen LogP contribution in [-0.4, -0.2) is 42.1 Å². The molecule has 0 fully saturated rings. The second kappa shape index (κ2) is 7.95. The van der Waals surface area contributed by atoms with E-state index < -0.39 is 0 Å². The lowest BCUT2D eigenvalue weighted by Gasteiger charge is -2.13. The van der Waals surface area contributed by atoms with Crippen molar-refractivity contribution in [2.75, 3.05) is 32.5 Å². The number of anilines is 1. The Morgan fingerprint density at radius 2 is 1.89 bits per heavy atom. The number of aromatic nitrogens is 2. The first-order chi connectivity index (χ1) is 13.5. The van der Waals surface area contributed by atoms with E-state index in [0.29, 0.717) is 33.0 Å². The van der Waals surface area contributed by atoms with Crippen molar-refractivity contribution in [1.82, 2.24) is 14.9 Å². The van der Waals surface area contributed by atoms with Crippen molar-refractivity contribution in [3.63, 3.8) is 0 Å². The summed E-state index contributed by atoms with van der Waals surface area (Å²) in [6.07, 6.45) is 0.979. The van der Waals surface area contributed by atoms with Crippen molar-refractivity contribution in [3.8, 4) is 11.6 Å². The first kappa shape index (κ1) is 19.0. The van der Waals surface area contributed by atoms with Gasteiger partial charge in [-0.25, -0.2) is 9.97 Å². The van der Waals surface area contributed by atoms with E-state index in [0.717, 1.165) is 35.9 Å². The largest absolute Gasteiger partial charge is 0.453 e. The van der Waals surface area contributed by atoms with Gasteiger partial charge < -0.3 is 14.6 Å². The molecule has 4 aromatic rings. The van der Waals surface area contributed by atoms with E-state index in [-0.39, 0.29) is 0 Å². The molecule has 0 bridgehead atoms. The van der Waals surface area contributed by atoms with E-state index in [1.54, 1.807) is 6.07 Å². The zero-order valence-electron chi connectivity index (χ0n) is 15.7. The molecule has 0 aliphatic carbocycles. The van der Waals surface area contributed by atoms with E-state index in [2.05, 4.69) is 29.3 Å². The van der Waals surface area contributed by atoms with Crippen LogP contribution >= 0.6 is 23.2 Å². The highest BCUT2D eigenvalue weighted by Crippen LogP contribution is 2.34. The fourth-order valence-corrected chi connectivity index (χ4v) is 3.63. The van der Waals surface area contributed by atoms with Crippen LogP contribution in [0.3, 0.4) is 0 Å². The molecule has 0 saturated carbocycles. The third-order valence-electron chi connectivity index (χ3n) is 4.44. The Balaban J connectivity index is 1.78. The SMILES string of the molecule is CN(C)CCCNc1nc(-c2cc3ccccc3o2)nc2c(Cl)cc(Cl)cc12. The van der Waals surface area contributed by atoms with Gasteiger partial charge in [-0.3, -0.25) is 0 Å². The molecule has 0 atom stereocenters. The monoisotopic (exact) mass is 414 g/mol. The molecule has 0 radical (unpaired) electrons. The van der Waals surface area contributed by atoms with E-state index in [1.165, 1.54) is 0 Å². The lowest BCUT2D eigenvalue weighted by atomic mass is 10.2. The number of benzene rings is 2. The van der Waals surface area contributed by atoms with Crippen molar-refractivity contribution < 1.29 is 4.42 Å². The number of rotatable bonds is 6. The second-order valence-electron chi connectivity index (χ2n) is 6.91. The lowest BCUT2D eigenvalue weighted by molar-refractivity contribution is 0.405. The molecule has 2 aromatic heterocycles. The number of hydrogen-bond acceptors (Lipinski definition) is 5. The van der Waals surface area contributed by atoms with E-state index in [4.69, 9.17) is 32.6 Å². The molecule has 5 nitrogen and oxygen atoms in total. The van der Waals surface area contributed by atoms with Crippen molar-refractivity contribution in [1.29, 1.82) is 0 Å². The minimum absolute atomic E-state index is 0.485. The van der Waals surface area contributed by atoms with Gasteiger partial charge in [-0.1, -0.05) is 41.4 Å². The van der Waals surface area contributed by atoms with Gasteiger partial charge in [0.15, 0.2) is 11.6 Å². The van der Waals surface area contributed by atoms with Crippen LogP contribution in [0.5, 0.6) is 0 Å². The summed E-state index contributed by atoms with van der Waals surface area (Å²) in [6.45, 7) is 1.75. The van der Waals surface area contributed by atoms with Gasteiger partial charge >= 0.3 is 0 Å². The molecule has 0 amide bonds. The number of hydrogen-bond donors (Lipinski definition) is 1. The fraction of sp³-hybridized carbons (Fsp3) is 0.238. The molecular weight excluding hydrogens is 395 g/mol. The maximum absolute atomic E-state index is 6.44. The van der Waals surface area contributed by atoms with E-state index in [1.807, 2.05) is 36.4 Å². The number of furan rings is 1. The lowest BCUT2D eigenvalue weighted by Crippen LogP contribution is -2.17. The molecule has 0 saturated heterocycles. The summed E-state index contributed by atoms with van der Waals surface area (Å²) in [5.41, 5.74) is 1.44. The Kier molecular flexibility index (Phi) is 5.40. The highest BCUT2D eigenvalue weighted by atomic mass is 35.5. The van der Waals surface area contributed by atoms with Gasteiger partial charge in [-0.2, -0.15) is 0 Å². The standard InChI is InChI=1S/C21H20Cl2N4O/c1-27(2)9-5-8-24-20-15-11-14(22)12-16(23)19(15)25-21(26-20)18-10-13-6-3-4-7-17(13)28-18/h3-4,6-7,10-12H,5,8-9H2,1-2H3,(H,24,25,26). The Labute approximate surface area is 173 Å². The molecule has 4 rings (SSSR count). The van der Waals surface area contributed by atoms with Gasteiger partial charge in [0.2, 0.25) is 0 Å². The number of para-hydroxylation sites is 1. The smallest absolute Gasteiger partial charge is 0.198 e. The summed E-state index contributed by atoms with van der Waals surface area (Å²) >= 11 is 12.7. The molecule has 0 spiro atoms. The average molecular weight is 415 g/mol. The molecule has 2 aromatic carbocycles. The minimum atomic E-state index is 0.485. The average Bonchev–Trinajstić information content (AvgIpc) is 3.09. The molecule has 28 heavy (non-hydrogen) atoms. The summed E-state index contributed by atoms with van der Waals surface area (Å²) < 4.78 is 5.95. The molecule has 1 N–H and O–H groups in total. The quantitative estimate of drug-likeness (QED) is 0.409. The molecular formula is C21H20Cl2N4O. The van der Waals surface area contributed by atoms with Crippen LogP contribution in [0.2, 0.25) is 10.0 Å². The maximum Gasteiger partial charge on any atom is 0.198 e. The topological polar surface area (TPSA) is 54.2 Å². The third-order valence-corrected chi connectivity index (χ3v) is 4.95. The summed E-state index contributed by atoms with van der Waals surface area (Å²) in [6, 6.07) is 13.3. The Morgan fingerprint density at radius 3 is 2.68 bits per heavy atom. The third kappa shape index (κ3) is 3.92. The fourth-order valence-electron chi connectivity index (χ4n) is 3.10. The van der Waals surface area contributed by atoms with Gasteiger partial charge in [0.1, 0.15) is 11.4 Å². The molecule has 2 heterocycles. The summed E-state index contributed by atoms with van der Waals surface area (Å²) in [4.78, 5) is 11.5. The number of nitrogens with one attached hydrogen (secondary N) is 1. The number of fused-ring (bicyclic) bond motifs is 2. The van der Waals surface area contributed by atoms with Crippen LogP contribution in [0.25, 0.3) is 33.5 Å². The summed E-state index contributed by atoms with van der Waals surface area (Å²) in [5.74, 6) is 1.79. The van der Waals surface area contributed by atoms with Crippen LogP contribution in [0.15, 0.2) is 46.9 Å². The molecule has 0 aliphatic heterocycles. The highest BCUT2D eigenvalue weighted by molar-refractivity contribution is 6.38. The molecule has 7 heteroatoms. The van der Waals surface area contributed by atoms with Gasteiger partial charge in [-0.05, 0) is 51.3 Å². The molecule has 0 aliphatic rings. The maximum atomic E-state index is 6.44.